The van der Waals surface area contributed by atoms with E-state index in [2.05, 4.69) is 32.6 Å². The average molecular weight is 366 g/mol. The average Bonchev–Trinajstić information content (AvgIpc) is 2.50. The molecule has 2 aromatic rings. The number of rotatable bonds is 2. The molecule has 0 bridgehead atoms. The van der Waals surface area contributed by atoms with Gasteiger partial charge in [-0.05, 0) is 70.4 Å². The van der Waals surface area contributed by atoms with E-state index in [1.165, 1.54) is 11.1 Å². The summed E-state index contributed by atoms with van der Waals surface area (Å²) in [6, 6.07) is 11.2. The molecule has 5 heteroatoms. The van der Waals surface area contributed by atoms with Crippen molar-refractivity contribution in [3.05, 3.63) is 62.6 Å². The fourth-order valence-corrected chi connectivity index (χ4v) is 2.90. The molecule has 3 rings (SSSR count). The van der Waals surface area contributed by atoms with Gasteiger partial charge in [0.1, 0.15) is 0 Å². The Hall–Kier alpha value is -1.36. The molecule has 108 valence electrons. The number of amides is 1. The molecule has 0 radical (unpaired) electrons. The minimum atomic E-state index is -0.143. The number of carbonyl (C=O) groups excluding carboxylic acids is 1. The van der Waals surface area contributed by atoms with Crippen LogP contribution in [-0.2, 0) is 13.0 Å². The molecule has 0 spiro atoms. The Morgan fingerprint density at radius 3 is 2.86 bits per heavy atom. The van der Waals surface area contributed by atoms with Gasteiger partial charge in [-0.3, -0.25) is 4.79 Å². The first-order valence-electron chi connectivity index (χ1n) is 6.72. The van der Waals surface area contributed by atoms with Gasteiger partial charge in [-0.25, -0.2) is 0 Å². The molecule has 1 aliphatic rings. The van der Waals surface area contributed by atoms with Gasteiger partial charge in [-0.2, -0.15) is 0 Å². The third-order valence-corrected chi connectivity index (χ3v) is 4.75. The lowest BCUT2D eigenvalue weighted by atomic mass is 10.0. The lowest BCUT2D eigenvalue weighted by molar-refractivity contribution is 0.102. The number of anilines is 1. The maximum absolute atomic E-state index is 12.3. The molecule has 0 fully saturated rings. The van der Waals surface area contributed by atoms with Crippen molar-refractivity contribution in [2.45, 2.75) is 13.0 Å². The van der Waals surface area contributed by atoms with E-state index in [4.69, 9.17) is 11.6 Å². The molecule has 0 atom stereocenters. The van der Waals surface area contributed by atoms with Crippen molar-refractivity contribution in [3.63, 3.8) is 0 Å². The van der Waals surface area contributed by atoms with Crippen molar-refractivity contribution in [2.24, 2.45) is 0 Å². The maximum atomic E-state index is 12.3. The number of halogens is 2. The molecule has 3 nitrogen and oxygen atoms in total. The molecule has 1 amide bonds. The van der Waals surface area contributed by atoms with Gasteiger partial charge in [0, 0.05) is 22.3 Å². The van der Waals surface area contributed by atoms with Gasteiger partial charge in [0.05, 0.1) is 5.02 Å². The van der Waals surface area contributed by atoms with E-state index in [0.29, 0.717) is 15.1 Å². The quantitative estimate of drug-likeness (QED) is 0.844. The van der Waals surface area contributed by atoms with E-state index in [1.807, 2.05) is 12.1 Å². The van der Waals surface area contributed by atoms with Crippen molar-refractivity contribution < 1.29 is 4.79 Å². The molecular formula is C16H14BrClN2O. The highest BCUT2D eigenvalue weighted by Gasteiger charge is 2.12. The summed E-state index contributed by atoms with van der Waals surface area (Å²) in [5.74, 6) is -0.143. The second-order valence-corrected chi connectivity index (χ2v) is 6.25. The lowest BCUT2D eigenvalue weighted by Gasteiger charge is -2.18. The molecule has 0 unspecified atom stereocenters. The minimum absolute atomic E-state index is 0.143. The Morgan fingerprint density at radius 1 is 1.19 bits per heavy atom. The first-order chi connectivity index (χ1) is 10.1. The summed E-state index contributed by atoms with van der Waals surface area (Å²) in [6.45, 7) is 1.86. The van der Waals surface area contributed by atoms with E-state index in [9.17, 15) is 4.79 Å². The van der Waals surface area contributed by atoms with Gasteiger partial charge in [0.15, 0.2) is 0 Å². The monoisotopic (exact) mass is 364 g/mol. The van der Waals surface area contributed by atoms with E-state index in [0.717, 1.165) is 25.2 Å². The predicted octanol–water partition coefficient (Wildman–Crippen LogP) is 4.00. The van der Waals surface area contributed by atoms with E-state index in [1.54, 1.807) is 18.2 Å². The van der Waals surface area contributed by atoms with Crippen molar-refractivity contribution in [1.29, 1.82) is 0 Å². The molecule has 0 aliphatic carbocycles. The molecule has 0 saturated carbocycles. The van der Waals surface area contributed by atoms with Crippen molar-refractivity contribution in [2.75, 3.05) is 11.9 Å². The van der Waals surface area contributed by atoms with Crippen LogP contribution >= 0.6 is 27.5 Å². The topological polar surface area (TPSA) is 41.1 Å². The predicted molar refractivity (Wildman–Crippen MR) is 89.0 cm³/mol. The summed E-state index contributed by atoms with van der Waals surface area (Å²) in [4.78, 5) is 12.3. The SMILES string of the molecule is O=C(Nc1ccc2c(c1)CNCC2)c1ccc(Cl)c(Br)c1. The Labute approximate surface area is 136 Å². The first kappa shape index (κ1) is 14.6. The summed E-state index contributed by atoms with van der Waals surface area (Å²) in [7, 11) is 0. The van der Waals surface area contributed by atoms with Crippen molar-refractivity contribution in [3.8, 4) is 0 Å². The zero-order valence-corrected chi connectivity index (χ0v) is 13.6. The Balaban J connectivity index is 1.79. The van der Waals surface area contributed by atoms with Crippen LogP contribution in [0.5, 0.6) is 0 Å². The Bertz CT molecular complexity index is 703. The zero-order valence-electron chi connectivity index (χ0n) is 11.2. The normalized spacial score (nSPS) is 13.6. The smallest absolute Gasteiger partial charge is 0.255 e. The third kappa shape index (κ3) is 3.28. The van der Waals surface area contributed by atoms with Crippen LogP contribution in [0.2, 0.25) is 5.02 Å². The van der Waals surface area contributed by atoms with Crippen LogP contribution in [0.25, 0.3) is 0 Å². The second kappa shape index (κ2) is 6.18. The highest BCUT2D eigenvalue weighted by molar-refractivity contribution is 9.10. The van der Waals surface area contributed by atoms with Gasteiger partial charge in [-0.15, -0.1) is 0 Å². The number of benzene rings is 2. The molecule has 1 heterocycles. The van der Waals surface area contributed by atoms with Crippen LogP contribution in [0.4, 0.5) is 5.69 Å². The Morgan fingerprint density at radius 2 is 2.05 bits per heavy atom. The summed E-state index contributed by atoms with van der Waals surface area (Å²) in [5.41, 5.74) is 3.98. The van der Waals surface area contributed by atoms with Crippen LogP contribution in [0, 0.1) is 0 Å². The number of hydrogen-bond donors (Lipinski definition) is 2. The van der Waals surface area contributed by atoms with Crippen LogP contribution in [0.3, 0.4) is 0 Å². The van der Waals surface area contributed by atoms with Crippen LogP contribution < -0.4 is 10.6 Å². The largest absolute Gasteiger partial charge is 0.322 e. The summed E-state index contributed by atoms with van der Waals surface area (Å²) in [5, 5.41) is 6.85. The molecular weight excluding hydrogens is 352 g/mol. The fourth-order valence-electron chi connectivity index (χ4n) is 2.40. The van der Waals surface area contributed by atoms with Crippen LogP contribution in [0.1, 0.15) is 21.5 Å². The number of nitrogens with one attached hydrogen (secondary N) is 2. The summed E-state index contributed by atoms with van der Waals surface area (Å²) < 4.78 is 0.714. The van der Waals surface area contributed by atoms with E-state index in [-0.39, 0.29) is 5.91 Å². The minimum Gasteiger partial charge on any atom is -0.322 e. The molecule has 0 aromatic heterocycles. The van der Waals surface area contributed by atoms with E-state index < -0.39 is 0 Å². The summed E-state index contributed by atoms with van der Waals surface area (Å²) >= 11 is 9.27. The molecule has 1 aliphatic heterocycles. The Kier molecular flexibility index (Phi) is 4.29. The van der Waals surface area contributed by atoms with Gasteiger partial charge in [0.25, 0.3) is 5.91 Å². The van der Waals surface area contributed by atoms with Crippen molar-refractivity contribution in [1.82, 2.24) is 5.32 Å². The number of carbonyl (C=O) groups is 1. The maximum Gasteiger partial charge on any atom is 0.255 e. The second-order valence-electron chi connectivity index (χ2n) is 4.99. The van der Waals surface area contributed by atoms with E-state index >= 15 is 0 Å². The van der Waals surface area contributed by atoms with Crippen molar-refractivity contribution >= 4 is 39.1 Å². The molecule has 2 aromatic carbocycles. The third-order valence-electron chi connectivity index (χ3n) is 3.53. The zero-order chi connectivity index (χ0) is 14.8. The van der Waals surface area contributed by atoms with Gasteiger partial charge >= 0.3 is 0 Å². The van der Waals surface area contributed by atoms with Crippen LogP contribution in [0.15, 0.2) is 40.9 Å². The van der Waals surface area contributed by atoms with Crippen LogP contribution in [-0.4, -0.2) is 12.5 Å². The van der Waals surface area contributed by atoms with Gasteiger partial charge < -0.3 is 10.6 Å². The molecule has 2 N–H and O–H groups in total. The molecule has 0 saturated heterocycles. The lowest BCUT2D eigenvalue weighted by Crippen LogP contribution is -2.23. The first-order valence-corrected chi connectivity index (χ1v) is 7.89. The highest BCUT2D eigenvalue weighted by atomic mass is 79.9. The highest BCUT2D eigenvalue weighted by Crippen LogP contribution is 2.24. The molecule has 21 heavy (non-hydrogen) atoms. The number of fused-ring (bicyclic) bond motifs is 1. The van der Waals surface area contributed by atoms with Gasteiger partial charge in [0.2, 0.25) is 0 Å². The number of hydrogen-bond acceptors (Lipinski definition) is 2. The fraction of sp³-hybridized carbons (Fsp3) is 0.188. The van der Waals surface area contributed by atoms with Gasteiger partial charge in [-0.1, -0.05) is 17.7 Å². The summed E-state index contributed by atoms with van der Waals surface area (Å²) in [6.07, 6.45) is 1.04. The standard InChI is InChI=1S/C16H14BrClN2O/c17-14-8-11(2-4-15(14)18)16(21)20-13-3-1-10-5-6-19-9-12(10)7-13/h1-4,7-8,19H,5-6,9H2,(H,20,21).